The van der Waals surface area contributed by atoms with Gasteiger partial charge in [0.15, 0.2) is 5.78 Å². The third kappa shape index (κ3) is 2.29. The number of hydrogen-bond donors (Lipinski definition) is 1. The number of H-pyrrole nitrogens is 1. The molecule has 1 atom stereocenters. The predicted molar refractivity (Wildman–Crippen MR) is 74.7 cm³/mol. The first-order valence-electron chi connectivity index (χ1n) is 6.57. The molecular formula is C15H14N2O4. The van der Waals surface area contributed by atoms with E-state index in [4.69, 9.17) is 0 Å². The summed E-state index contributed by atoms with van der Waals surface area (Å²) in [5.74, 6) is -2.03. The summed E-state index contributed by atoms with van der Waals surface area (Å²) in [7, 11) is 1.23. The first-order valence-corrected chi connectivity index (χ1v) is 6.57. The Bertz CT molecular complexity index is 701. The molecule has 0 aliphatic carbocycles. The smallest absolute Gasteiger partial charge is 0.318 e. The van der Waals surface area contributed by atoms with Gasteiger partial charge < -0.3 is 14.6 Å². The molecule has 6 heteroatoms. The van der Waals surface area contributed by atoms with E-state index in [0.29, 0.717) is 5.69 Å². The number of ketones is 1. The van der Waals surface area contributed by atoms with E-state index < -0.39 is 11.9 Å². The van der Waals surface area contributed by atoms with E-state index in [1.54, 1.807) is 6.07 Å². The van der Waals surface area contributed by atoms with Crippen molar-refractivity contribution in [2.75, 3.05) is 20.2 Å². The zero-order chi connectivity index (χ0) is 15.0. The number of fused-ring (bicyclic) bond motifs is 1. The number of hydrogen-bond acceptors (Lipinski definition) is 4. The molecule has 2 aromatic rings. The van der Waals surface area contributed by atoms with E-state index in [1.807, 2.05) is 24.3 Å². The van der Waals surface area contributed by atoms with Crippen molar-refractivity contribution >= 4 is 28.6 Å². The van der Waals surface area contributed by atoms with Crippen molar-refractivity contribution in [1.82, 2.24) is 9.88 Å². The van der Waals surface area contributed by atoms with Crippen LogP contribution in [0.4, 0.5) is 0 Å². The number of ether oxygens (including phenoxy) is 1. The number of benzene rings is 1. The minimum absolute atomic E-state index is 0.0615. The first-order chi connectivity index (χ1) is 10.1. The van der Waals surface area contributed by atoms with Crippen molar-refractivity contribution in [2.45, 2.75) is 0 Å². The molecule has 0 saturated carbocycles. The number of nitrogens with zero attached hydrogens (tertiary/aromatic N) is 1. The zero-order valence-corrected chi connectivity index (χ0v) is 11.5. The Labute approximate surface area is 120 Å². The summed E-state index contributed by atoms with van der Waals surface area (Å²) in [6.07, 6.45) is 0. The van der Waals surface area contributed by atoms with Crippen LogP contribution in [0.1, 0.15) is 10.5 Å². The molecule has 1 aliphatic rings. The van der Waals surface area contributed by atoms with Crippen LogP contribution in [-0.2, 0) is 14.3 Å². The van der Waals surface area contributed by atoms with Crippen LogP contribution < -0.4 is 0 Å². The van der Waals surface area contributed by atoms with Crippen molar-refractivity contribution in [3.05, 3.63) is 36.0 Å². The van der Waals surface area contributed by atoms with Crippen LogP contribution in [0.15, 0.2) is 30.3 Å². The van der Waals surface area contributed by atoms with Crippen LogP contribution >= 0.6 is 0 Å². The summed E-state index contributed by atoms with van der Waals surface area (Å²) in [5, 5.41) is 0.927. The summed E-state index contributed by atoms with van der Waals surface area (Å²) in [6, 6.07) is 9.28. The molecule has 0 spiro atoms. The lowest BCUT2D eigenvalue weighted by atomic mass is 10.1. The molecule has 1 N–H and O–H groups in total. The molecule has 0 radical (unpaired) electrons. The van der Waals surface area contributed by atoms with Crippen LogP contribution in [-0.4, -0.2) is 47.7 Å². The summed E-state index contributed by atoms with van der Waals surface area (Å²) < 4.78 is 4.58. The first kappa shape index (κ1) is 13.4. The maximum atomic E-state index is 12.4. The van der Waals surface area contributed by atoms with Gasteiger partial charge in [0.25, 0.3) is 5.91 Å². The number of amides is 1. The molecule has 1 amide bonds. The Morgan fingerprint density at radius 2 is 2.10 bits per heavy atom. The van der Waals surface area contributed by atoms with Crippen LogP contribution in [0.2, 0.25) is 0 Å². The predicted octanol–water partition coefficient (Wildman–Crippen LogP) is 0.982. The Hall–Kier alpha value is -2.63. The number of esters is 1. The zero-order valence-electron chi connectivity index (χ0n) is 11.5. The Morgan fingerprint density at radius 3 is 2.81 bits per heavy atom. The number of carbonyl (C=O) groups is 3. The summed E-state index contributed by atoms with van der Waals surface area (Å²) in [5.41, 5.74) is 1.27. The summed E-state index contributed by atoms with van der Waals surface area (Å²) in [6.45, 7) is 0.00761. The van der Waals surface area contributed by atoms with Gasteiger partial charge in [0.1, 0.15) is 11.6 Å². The fraction of sp³-hybridized carbons (Fsp3) is 0.267. The van der Waals surface area contributed by atoms with Gasteiger partial charge in [-0.25, -0.2) is 0 Å². The number of methoxy groups -OCH3 is 1. The number of nitrogens with one attached hydrogen (secondary N) is 1. The molecular weight excluding hydrogens is 272 g/mol. The van der Waals surface area contributed by atoms with Gasteiger partial charge in [-0.05, 0) is 12.1 Å². The van der Waals surface area contributed by atoms with E-state index in [-0.39, 0.29) is 24.8 Å². The molecule has 1 saturated heterocycles. The largest absolute Gasteiger partial charge is 0.468 e. The second-order valence-electron chi connectivity index (χ2n) is 5.00. The maximum Gasteiger partial charge on any atom is 0.318 e. The highest BCUT2D eigenvalue weighted by molar-refractivity contribution is 6.06. The monoisotopic (exact) mass is 286 g/mol. The molecule has 1 unspecified atom stereocenters. The molecule has 0 bridgehead atoms. The van der Waals surface area contributed by atoms with Gasteiger partial charge in [0.2, 0.25) is 0 Å². The van der Waals surface area contributed by atoms with E-state index in [1.165, 1.54) is 12.0 Å². The van der Waals surface area contributed by atoms with Crippen molar-refractivity contribution < 1.29 is 19.1 Å². The highest BCUT2D eigenvalue weighted by Crippen LogP contribution is 2.20. The van der Waals surface area contributed by atoms with Crippen LogP contribution in [0.5, 0.6) is 0 Å². The van der Waals surface area contributed by atoms with Gasteiger partial charge in [-0.3, -0.25) is 14.4 Å². The number of aromatic amines is 1. The number of carbonyl (C=O) groups excluding carboxylic acids is 3. The molecule has 1 aromatic carbocycles. The topological polar surface area (TPSA) is 79.5 Å². The number of likely N-dealkylation sites (tertiary alicyclic amines) is 1. The van der Waals surface area contributed by atoms with Gasteiger partial charge in [0.05, 0.1) is 13.7 Å². The van der Waals surface area contributed by atoms with Crippen molar-refractivity contribution in [3.8, 4) is 0 Å². The lowest BCUT2D eigenvalue weighted by Crippen LogP contribution is -2.30. The molecule has 1 fully saturated rings. The fourth-order valence-corrected chi connectivity index (χ4v) is 2.55. The quantitative estimate of drug-likeness (QED) is 0.659. The second kappa shape index (κ2) is 5.05. The highest BCUT2D eigenvalue weighted by Gasteiger charge is 2.39. The molecule has 1 aliphatic heterocycles. The van der Waals surface area contributed by atoms with Crippen LogP contribution in [0.25, 0.3) is 10.9 Å². The molecule has 3 rings (SSSR count). The van der Waals surface area contributed by atoms with Gasteiger partial charge in [-0.2, -0.15) is 0 Å². The maximum absolute atomic E-state index is 12.4. The lowest BCUT2D eigenvalue weighted by molar-refractivity contribution is -0.147. The van der Waals surface area contributed by atoms with Crippen molar-refractivity contribution in [1.29, 1.82) is 0 Å². The van der Waals surface area contributed by atoms with E-state index in [2.05, 4.69) is 9.72 Å². The van der Waals surface area contributed by atoms with Gasteiger partial charge >= 0.3 is 5.97 Å². The number of rotatable bonds is 2. The SMILES string of the molecule is COC(=O)C1CN(C(=O)c2cc3ccccc3[nH]2)CC1=O. The number of aromatic nitrogens is 1. The fourth-order valence-electron chi connectivity index (χ4n) is 2.55. The third-order valence-corrected chi connectivity index (χ3v) is 3.67. The molecule has 108 valence electrons. The number of Topliss-reactive ketones (excluding diaryl/α,β-unsaturated/α-hetero) is 1. The molecule has 21 heavy (non-hydrogen) atoms. The standard InChI is InChI=1S/C15H14N2O4/c1-21-15(20)10-7-17(8-13(10)18)14(19)12-6-9-4-2-3-5-11(9)16-12/h2-6,10,16H,7-8H2,1H3. The molecule has 1 aromatic heterocycles. The average Bonchev–Trinajstić information content (AvgIpc) is 3.09. The molecule has 2 heterocycles. The third-order valence-electron chi connectivity index (χ3n) is 3.67. The highest BCUT2D eigenvalue weighted by atomic mass is 16.5. The normalized spacial score (nSPS) is 18.2. The van der Waals surface area contributed by atoms with Gasteiger partial charge in [-0.1, -0.05) is 18.2 Å². The Kier molecular flexibility index (Phi) is 3.21. The van der Waals surface area contributed by atoms with Crippen molar-refractivity contribution in [2.24, 2.45) is 5.92 Å². The van der Waals surface area contributed by atoms with Crippen molar-refractivity contribution in [3.63, 3.8) is 0 Å². The van der Waals surface area contributed by atoms with Crippen LogP contribution in [0, 0.1) is 5.92 Å². The molecule has 6 nitrogen and oxygen atoms in total. The van der Waals surface area contributed by atoms with Crippen LogP contribution in [0.3, 0.4) is 0 Å². The minimum atomic E-state index is -0.872. The lowest BCUT2D eigenvalue weighted by Gasteiger charge is -2.13. The summed E-state index contributed by atoms with van der Waals surface area (Å²) in [4.78, 5) is 40.1. The Balaban J connectivity index is 1.83. The average molecular weight is 286 g/mol. The van der Waals surface area contributed by atoms with Gasteiger partial charge in [0, 0.05) is 17.4 Å². The van der Waals surface area contributed by atoms with E-state index >= 15 is 0 Å². The van der Waals surface area contributed by atoms with Gasteiger partial charge in [-0.15, -0.1) is 0 Å². The summed E-state index contributed by atoms with van der Waals surface area (Å²) >= 11 is 0. The number of para-hydroxylation sites is 1. The minimum Gasteiger partial charge on any atom is -0.468 e. The second-order valence-corrected chi connectivity index (χ2v) is 5.00. The Morgan fingerprint density at radius 1 is 1.33 bits per heavy atom. The van der Waals surface area contributed by atoms with E-state index in [0.717, 1.165) is 10.9 Å². The van der Waals surface area contributed by atoms with E-state index in [9.17, 15) is 14.4 Å².